The van der Waals surface area contributed by atoms with Crippen molar-refractivity contribution >= 4 is 31.9 Å². The number of methoxy groups -OCH3 is 1. The second kappa shape index (κ2) is 5.61. The zero-order valence-corrected chi connectivity index (χ0v) is 14.1. The van der Waals surface area contributed by atoms with Gasteiger partial charge in [-0.1, -0.05) is 19.9 Å². The van der Waals surface area contributed by atoms with Crippen LogP contribution in [0.4, 0.5) is 0 Å². The molecule has 0 bridgehead atoms. The average molecular weight is 377 g/mol. The quantitative estimate of drug-likeness (QED) is 0.853. The van der Waals surface area contributed by atoms with Crippen molar-refractivity contribution < 1.29 is 4.74 Å². The number of benzene rings is 1. The molecular weight excluding hydrogens is 358 g/mol. The van der Waals surface area contributed by atoms with Gasteiger partial charge in [0.1, 0.15) is 0 Å². The smallest absolute Gasteiger partial charge is 0.0652 e. The van der Waals surface area contributed by atoms with Crippen molar-refractivity contribution in [3.8, 4) is 0 Å². The van der Waals surface area contributed by atoms with E-state index in [2.05, 4.69) is 69.2 Å². The van der Waals surface area contributed by atoms with Crippen molar-refractivity contribution in [2.24, 2.45) is 5.41 Å². The fraction of sp³-hybridized carbons (Fsp3) is 0.571. The lowest BCUT2D eigenvalue weighted by Crippen LogP contribution is -2.60. The Balaban J connectivity index is 1.91. The van der Waals surface area contributed by atoms with Gasteiger partial charge < -0.3 is 10.1 Å². The molecule has 100 valence electrons. The monoisotopic (exact) mass is 375 g/mol. The van der Waals surface area contributed by atoms with Crippen LogP contribution in [0.15, 0.2) is 27.1 Å². The summed E-state index contributed by atoms with van der Waals surface area (Å²) >= 11 is 7.02. The lowest BCUT2D eigenvalue weighted by Gasteiger charge is -2.51. The Labute approximate surface area is 126 Å². The molecule has 0 amide bonds. The maximum atomic E-state index is 5.46. The highest BCUT2D eigenvalue weighted by molar-refractivity contribution is 9.13. The van der Waals surface area contributed by atoms with Crippen LogP contribution >= 0.6 is 31.9 Å². The molecule has 0 aromatic heterocycles. The van der Waals surface area contributed by atoms with E-state index in [1.165, 1.54) is 5.56 Å². The Kier molecular flexibility index (Phi) is 4.52. The number of nitrogens with one attached hydrogen (secondary N) is 1. The Bertz CT molecular complexity index is 434. The number of ether oxygens (including phenoxy) is 1. The van der Waals surface area contributed by atoms with Gasteiger partial charge in [-0.3, -0.25) is 0 Å². The summed E-state index contributed by atoms with van der Waals surface area (Å²) in [5.41, 5.74) is 1.52. The van der Waals surface area contributed by atoms with Crippen LogP contribution in [0.5, 0.6) is 0 Å². The number of halogens is 2. The predicted molar refractivity (Wildman–Crippen MR) is 81.7 cm³/mol. The lowest BCUT2D eigenvalue weighted by atomic mass is 9.64. The molecule has 0 saturated heterocycles. The molecule has 0 spiro atoms. The van der Waals surface area contributed by atoms with Gasteiger partial charge in [-0.25, -0.2) is 0 Å². The molecule has 2 rings (SSSR count). The molecule has 0 radical (unpaired) electrons. The second-order valence-electron chi connectivity index (χ2n) is 5.46. The number of hydrogen-bond donors (Lipinski definition) is 1. The van der Waals surface area contributed by atoms with Gasteiger partial charge in [0, 0.05) is 34.1 Å². The lowest BCUT2D eigenvalue weighted by molar-refractivity contribution is -0.0979. The summed E-state index contributed by atoms with van der Waals surface area (Å²) in [6.45, 7) is 5.43. The molecule has 1 aliphatic rings. The Hall–Kier alpha value is 0.1000. The van der Waals surface area contributed by atoms with Crippen molar-refractivity contribution in [3.63, 3.8) is 0 Å². The number of hydrogen-bond acceptors (Lipinski definition) is 2. The highest BCUT2D eigenvalue weighted by Crippen LogP contribution is 2.42. The van der Waals surface area contributed by atoms with Crippen molar-refractivity contribution in [2.45, 2.75) is 39.0 Å². The molecule has 0 heterocycles. The summed E-state index contributed by atoms with van der Waals surface area (Å²) in [4.78, 5) is 0. The van der Waals surface area contributed by atoms with Crippen LogP contribution in [-0.2, 0) is 11.3 Å². The third kappa shape index (κ3) is 2.82. The molecular formula is C14H19Br2NO. The van der Waals surface area contributed by atoms with Crippen LogP contribution in [0, 0.1) is 5.41 Å². The minimum atomic E-state index is 0.224. The third-order valence-electron chi connectivity index (χ3n) is 4.00. The maximum Gasteiger partial charge on any atom is 0.0652 e. The standard InChI is InChI=1S/C14H19Br2NO/c1-14(2)12(7-13(14)18-3)17-8-9-4-5-10(15)11(16)6-9/h4-6,12-13,17H,7-8H2,1-3H3. The molecule has 1 aliphatic carbocycles. The molecule has 2 nitrogen and oxygen atoms in total. The van der Waals surface area contributed by atoms with Crippen LogP contribution < -0.4 is 5.32 Å². The van der Waals surface area contributed by atoms with Crippen molar-refractivity contribution in [3.05, 3.63) is 32.7 Å². The SMILES string of the molecule is COC1CC(NCc2ccc(Br)c(Br)c2)C1(C)C. The van der Waals surface area contributed by atoms with E-state index >= 15 is 0 Å². The zero-order valence-electron chi connectivity index (χ0n) is 11.0. The van der Waals surface area contributed by atoms with E-state index in [1.807, 2.05) is 0 Å². The van der Waals surface area contributed by atoms with E-state index in [9.17, 15) is 0 Å². The summed E-state index contributed by atoms with van der Waals surface area (Å²) in [5.74, 6) is 0. The van der Waals surface area contributed by atoms with E-state index in [1.54, 1.807) is 7.11 Å². The van der Waals surface area contributed by atoms with Gasteiger partial charge in [0.2, 0.25) is 0 Å². The second-order valence-corrected chi connectivity index (χ2v) is 7.17. The minimum Gasteiger partial charge on any atom is -0.381 e. The van der Waals surface area contributed by atoms with Crippen LogP contribution in [-0.4, -0.2) is 19.3 Å². The van der Waals surface area contributed by atoms with Gasteiger partial charge in [0.15, 0.2) is 0 Å². The zero-order chi connectivity index (χ0) is 13.3. The van der Waals surface area contributed by atoms with Gasteiger partial charge in [-0.2, -0.15) is 0 Å². The molecule has 2 atom stereocenters. The first kappa shape index (κ1) is 14.5. The third-order valence-corrected chi connectivity index (χ3v) is 5.88. The van der Waals surface area contributed by atoms with Gasteiger partial charge in [0.25, 0.3) is 0 Å². The molecule has 0 aliphatic heterocycles. The molecule has 1 saturated carbocycles. The first-order chi connectivity index (χ1) is 8.45. The van der Waals surface area contributed by atoms with E-state index in [4.69, 9.17) is 4.74 Å². The minimum absolute atomic E-state index is 0.224. The molecule has 18 heavy (non-hydrogen) atoms. The predicted octanol–water partition coefficient (Wildman–Crippen LogP) is 4.11. The molecule has 1 aromatic carbocycles. The molecule has 1 aromatic rings. The maximum absolute atomic E-state index is 5.46. The summed E-state index contributed by atoms with van der Waals surface area (Å²) < 4.78 is 7.66. The van der Waals surface area contributed by atoms with E-state index in [0.717, 1.165) is 21.9 Å². The fourth-order valence-corrected chi connectivity index (χ4v) is 3.20. The largest absolute Gasteiger partial charge is 0.381 e. The van der Waals surface area contributed by atoms with Gasteiger partial charge in [-0.05, 0) is 56.0 Å². The van der Waals surface area contributed by atoms with Crippen LogP contribution in [0.1, 0.15) is 25.8 Å². The molecule has 1 N–H and O–H groups in total. The normalized spacial score (nSPS) is 25.8. The van der Waals surface area contributed by atoms with Crippen molar-refractivity contribution in [1.29, 1.82) is 0 Å². The molecule has 4 heteroatoms. The Morgan fingerprint density at radius 3 is 2.61 bits per heavy atom. The van der Waals surface area contributed by atoms with Gasteiger partial charge in [-0.15, -0.1) is 0 Å². The van der Waals surface area contributed by atoms with E-state index < -0.39 is 0 Å². The van der Waals surface area contributed by atoms with Gasteiger partial charge >= 0.3 is 0 Å². The molecule has 2 unspecified atom stereocenters. The Morgan fingerprint density at radius 2 is 2.06 bits per heavy atom. The summed E-state index contributed by atoms with van der Waals surface area (Å²) in [6.07, 6.45) is 1.48. The fourth-order valence-electron chi connectivity index (χ4n) is 2.52. The van der Waals surface area contributed by atoms with Crippen LogP contribution in [0.2, 0.25) is 0 Å². The summed E-state index contributed by atoms with van der Waals surface area (Å²) in [6, 6.07) is 6.90. The first-order valence-electron chi connectivity index (χ1n) is 6.15. The van der Waals surface area contributed by atoms with Gasteiger partial charge in [0.05, 0.1) is 6.10 Å². The van der Waals surface area contributed by atoms with Crippen molar-refractivity contribution in [2.75, 3.05) is 7.11 Å². The Morgan fingerprint density at radius 1 is 1.33 bits per heavy atom. The average Bonchev–Trinajstić information content (AvgIpc) is 2.32. The van der Waals surface area contributed by atoms with E-state index in [0.29, 0.717) is 12.1 Å². The first-order valence-corrected chi connectivity index (χ1v) is 7.74. The summed E-state index contributed by atoms with van der Waals surface area (Å²) in [7, 11) is 1.80. The highest BCUT2D eigenvalue weighted by Gasteiger charge is 2.48. The number of rotatable bonds is 4. The van der Waals surface area contributed by atoms with E-state index in [-0.39, 0.29) is 5.41 Å². The highest BCUT2D eigenvalue weighted by atomic mass is 79.9. The topological polar surface area (TPSA) is 21.3 Å². The van der Waals surface area contributed by atoms with Crippen molar-refractivity contribution in [1.82, 2.24) is 5.32 Å². The molecule has 1 fully saturated rings. The van der Waals surface area contributed by atoms with Crippen LogP contribution in [0.25, 0.3) is 0 Å². The summed E-state index contributed by atoms with van der Waals surface area (Å²) in [5, 5.41) is 3.62. The van der Waals surface area contributed by atoms with Crippen LogP contribution in [0.3, 0.4) is 0 Å².